The fraction of sp³-hybridized carbons (Fsp3) is 0.867. The first kappa shape index (κ1) is 18.2. The van der Waals surface area contributed by atoms with E-state index in [-0.39, 0.29) is 36.2 Å². The van der Waals surface area contributed by atoms with Gasteiger partial charge in [0.15, 0.2) is 0 Å². The van der Waals surface area contributed by atoms with E-state index in [1.54, 1.807) is 0 Å². The predicted molar refractivity (Wildman–Crippen MR) is 85.2 cm³/mol. The highest BCUT2D eigenvalue weighted by atomic mass is 35.5. The minimum atomic E-state index is -0.648. The Bertz CT molecular complexity index is 373. The summed E-state index contributed by atoms with van der Waals surface area (Å²) in [6.45, 7) is 5.32. The summed E-state index contributed by atoms with van der Waals surface area (Å²) in [5.74, 6) is 0.261. The lowest BCUT2D eigenvalue weighted by Crippen LogP contribution is -2.56. The number of likely N-dealkylation sites (tertiary alicyclic amines) is 1. The number of carbonyl (C=O) groups is 2. The lowest BCUT2D eigenvalue weighted by atomic mass is 9.96. The van der Waals surface area contributed by atoms with Crippen molar-refractivity contribution in [2.24, 2.45) is 11.7 Å². The zero-order valence-electron chi connectivity index (χ0n) is 13.1. The molecule has 2 rings (SSSR count). The van der Waals surface area contributed by atoms with Gasteiger partial charge < -0.3 is 16.0 Å². The van der Waals surface area contributed by atoms with E-state index >= 15 is 0 Å². The topological polar surface area (TPSA) is 75.4 Å². The maximum Gasteiger partial charge on any atom is 0.240 e. The van der Waals surface area contributed by atoms with E-state index < -0.39 is 5.54 Å². The molecule has 0 bridgehead atoms. The van der Waals surface area contributed by atoms with Crippen molar-refractivity contribution in [3.8, 4) is 0 Å². The fourth-order valence-electron chi connectivity index (χ4n) is 3.17. The molecule has 2 aliphatic rings. The van der Waals surface area contributed by atoms with Gasteiger partial charge in [0.25, 0.3) is 0 Å². The Morgan fingerprint density at radius 1 is 1.19 bits per heavy atom. The van der Waals surface area contributed by atoms with Crippen LogP contribution in [0.3, 0.4) is 0 Å². The summed E-state index contributed by atoms with van der Waals surface area (Å²) >= 11 is 0. The Balaban J connectivity index is 0.00000220. The molecule has 0 aromatic rings. The molecule has 21 heavy (non-hydrogen) atoms. The van der Waals surface area contributed by atoms with Gasteiger partial charge in [-0.2, -0.15) is 0 Å². The molecule has 122 valence electrons. The van der Waals surface area contributed by atoms with E-state index in [0.29, 0.717) is 0 Å². The van der Waals surface area contributed by atoms with Gasteiger partial charge in [-0.05, 0) is 25.7 Å². The molecule has 0 spiro atoms. The van der Waals surface area contributed by atoms with Crippen LogP contribution in [0.1, 0.15) is 52.4 Å². The number of hydrogen-bond donors (Lipinski definition) is 2. The molecule has 1 saturated carbocycles. The minimum Gasteiger partial charge on any atom is -0.352 e. The molecule has 1 aliphatic carbocycles. The van der Waals surface area contributed by atoms with Crippen molar-refractivity contribution >= 4 is 24.2 Å². The van der Waals surface area contributed by atoms with Crippen LogP contribution in [0.15, 0.2) is 0 Å². The summed E-state index contributed by atoms with van der Waals surface area (Å²) in [6, 6.07) is 0.166. The Kier molecular flexibility index (Phi) is 6.47. The van der Waals surface area contributed by atoms with Crippen LogP contribution in [0.25, 0.3) is 0 Å². The highest BCUT2D eigenvalue weighted by Gasteiger charge is 2.38. The monoisotopic (exact) mass is 317 g/mol. The summed E-state index contributed by atoms with van der Waals surface area (Å²) < 4.78 is 0. The lowest BCUT2D eigenvalue weighted by molar-refractivity contribution is -0.135. The van der Waals surface area contributed by atoms with Crippen LogP contribution < -0.4 is 11.1 Å². The van der Waals surface area contributed by atoms with Crippen LogP contribution in [0.5, 0.6) is 0 Å². The van der Waals surface area contributed by atoms with E-state index in [1.165, 1.54) is 0 Å². The Labute approximate surface area is 133 Å². The zero-order chi connectivity index (χ0) is 14.8. The first-order valence-electron chi connectivity index (χ1n) is 7.81. The molecule has 5 nitrogen and oxygen atoms in total. The molecule has 0 unspecified atom stereocenters. The molecule has 6 heteroatoms. The van der Waals surface area contributed by atoms with Crippen molar-refractivity contribution in [1.82, 2.24) is 10.2 Å². The largest absolute Gasteiger partial charge is 0.352 e. The Morgan fingerprint density at radius 2 is 1.71 bits per heavy atom. The molecule has 0 aromatic heterocycles. The molecule has 0 radical (unpaired) electrons. The van der Waals surface area contributed by atoms with E-state index in [2.05, 4.69) is 5.32 Å². The van der Waals surface area contributed by atoms with Gasteiger partial charge in [0.2, 0.25) is 11.8 Å². The minimum absolute atomic E-state index is 0. The van der Waals surface area contributed by atoms with Crippen LogP contribution in [-0.4, -0.2) is 41.4 Å². The number of nitrogens with two attached hydrogens (primary N) is 1. The molecular formula is C15H28ClN3O2. The number of rotatable bonds is 3. The summed E-state index contributed by atoms with van der Waals surface area (Å²) in [5, 5.41) is 3.09. The first-order valence-corrected chi connectivity index (χ1v) is 7.81. The third-order valence-corrected chi connectivity index (χ3v) is 4.58. The van der Waals surface area contributed by atoms with Crippen LogP contribution in [-0.2, 0) is 9.59 Å². The molecule has 1 saturated heterocycles. The summed E-state index contributed by atoms with van der Waals surface area (Å²) in [7, 11) is 0. The van der Waals surface area contributed by atoms with Crippen LogP contribution >= 0.6 is 12.4 Å². The highest BCUT2D eigenvalue weighted by Crippen LogP contribution is 2.27. The van der Waals surface area contributed by atoms with Gasteiger partial charge in [-0.15, -0.1) is 12.4 Å². The van der Waals surface area contributed by atoms with Crippen molar-refractivity contribution in [3.05, 3.63) is 0 Å². The smallest absolute Gasteiger partial charge is 0.240 e. The number of piperidine rings is 1. The van der Waals surface area contributed by atoms with Gasteiger partial charge in [0, 0.05) is 25.0 Å². The molecular weight excluding hydrogens is 290 g/mol. The summed E-state index contributed by atoms with van der Waals surface area (Å²) in [4.78, 5) is 26.1. The summed E-state index contributed by atoms with van der Waals surface area (Å²) in [5.41, 5.74) is 5.51. The van der Waals surface area contributed by atoms with Gasteiger partial charge >= 0.3 is 0 Å². The maximum atomic E-state index is 12.2. The van der Waals surface area contributed by atoms with Crippen molar-refractivity contribution in [1.29, 1.82) is 0 Å². The molecule has 3 N–H and O–H groups in total. The lowest BCUT2D eigenvalue weighted by Gasteiger charge is -2.35. The molecule has 0 aromatic carbocycles. The maximum absolute atomic E-state index is 12.2. The van der Waals surface area contributed by atoms with E-state index in [9.17, 15) is 9.59 Å². The van der Waals surface area contributed by atoms with Gasteiger partial charge in [0.1, 0.15) is 0 Å². The van der Waals surface area contributed by atoms with Crippen molar-refractivity contribution in [2.75, 3.05) is 13.1 Å². The average Bonchev–Trinajstić information content (AvgIpc) is 2.87. The van der Waals surface area contributed by atoms with E-state index in [1.807, 2.05) is 18.7 Å². The van der Waals surface area contributed by atoms with Gasteiger partial charge in [-0.3, -0.25) is 9.59 Å². The third-order valence-electron chi connectivity index (χ3n) is 4.58. The van der Waals surface area contributed by atoms with Crippen LogP contribution in [0, 0.1) is 5.92 Å². The van der Waals surface area contributed by atoms with E-state index in [0.717, 1.165) is 51.6 Å². The van der Waals surface area contributed by atoms with Crippen molar-refractivity contribution < 1.29 is 9.59 Å². The van der Waals surface area contributed by atoms with Gasteiger partial charge in [-0.1, -0.05) is 26.7 Å². The molecule has 2 fully saturated rings. The number of amides is 2. The molecule has 1 aliphatic heterocycles. The zero-order valence-corrected chi connectivity index (χ0v) is 13.9. The second-order valence-corrected chi connectivity index (χ2v) is 6.59. The van der Waals surface area contributed by atoms with Gasteiger partial charge in [0.05, 0.1) is 5.54 Å². The number of carbonyl (C=O) groups excluding carboxylic acids is 2. The van der Waals surface area contributed by atoms with Crippen LogP contribution in [0.2, 0.25) is 0 Å². The summed E-state index contributed by atoms with van der Waals surface area (Å²) in [6.07, 6.45) is 5.35. The SMILES string of the molecule is CC(C)C(=O)N1CCC(NC(=O)C2(N)CCCC2)CC1.Cl. The van der Waals surface area contributed by atoms with Gasteiger partial charge in [-0.25, -0.2) is 0 Å². The fourth-order valence-corrected chi connectivity index (χ4v) is 3.17. The average molecular weight is 318 g/mol. The normalized spacial score (nSPS) is 22.0. The number of nitrogens with one attached hydrogen (secondary N) is 1. The first-order chi connectivity index (χ1) is 9.42. The predicted octanol–water partition coefficient (Wildman–Crippen LogP) is 1.44. The third kappa shape index (κ3) is 4.33. The Morgan fingerprint density at radius 3 is 2.19 bits per heavy atom. The van der Waals surface area contributed by atoms with Crippen molar-refractivity contribution in [3.63, 3.8) is 0 Å². The van der Waals surface area contributed by atoms with Crippen LogP contribution in [0.4, 0.5) is 0 Å². The van der Waals surface area contributed by atoms with Crippen molar-refractivity contribution in [2.45, 2.75) is 64.0 Å². The second-order valence-electron chi connectivity index (χ2n) is 6.59. The Hall–Kier alpha value is -0.810. The quantitative estimate of drug-likeness (QED) is 0.827. The molecule has 1 heterocycles. The van der Waals surface area contributed by atoms with E-state index in [4.69, 9.17) is 5.73 Å². The molecule has 2 amide bonds. The molecule has 0 atom stereocenters. The number of halogens is 1. The standard InChI is InChI=1S/C15H27N3O2.ClH/c1-11(2)13(19)18-9-5-12(6-10-18)17-14(20)15(16)7-3-4-8-15;/h11-12H,3-10,16H2,1-2H3,(H,17,20);1H. The second kappa shape index (κ2) is 7.45. The number of nitrogens with zero attached hydrogens (tertiary/aromatic N) is 1. The number of hydrogen-bond acceptors (Lipinski definition) is 3. The highest BCUT2D eigenvalue weighted by molar-refractivity contribution is 5.86.